The van der Waals surface area contributed by atoms with Gasteiger partial charge in [-0.25, -0.2) is 4.79 Å². The third-order valence-electron chi connectivity index (χ3n) is 2.18. The number of aliphatic hydroxyl groups excluding tert-OH is 1. The average molecular weight is 300 g/mol. The van der Waals surface area contributed by atoms with Crippen LogP contribution >= 0.6 is 15.9 Å². The molecule has 2 rings (SSSR count). The molecule has 2 heterocycles. The van der Waals surface area contributed by atoms with Crippen molar-refractivity contribution in [2.45, 2.75) is 13.2 Å². The van der Waals surface area contributed by atoms with E-state index in [2.05, 4.69) is 21.2 Å². The van der Waals surface area contributed by atoms with Crippen molar-refractivity contribution in [3.8, 4) is 0 Å². The number of ether oxygens (including phenoxy) is 2. The highest BCUT2D eigenvalue weighted by Crippen LogP contribution is 2.26. The smallest absolute Gasteiger partial charge is 0.347 e. The number of hydrogen-bond donors (Lipinski definition) is 2. The zero-order valence-corrected chi connectivity index (χ0v) is 10.5. The van der Waals surface area contributed by atoms with E-state index in [0.717, 1.165) is 10.7 Å². The molecule has 6 heteroatoms. The number of nitrogens with one attached hydrogen (secondary N) is 1. The van der Waals surface area contributed by atoms with Crippen LogP contribution in [0.15, 0.2) is 46.1 Å². The molecule has 17 heavy (non-hydrogen) atoms. The number of allylic oxidation sites excluding steroid dienone is 3. The number of cyclic esters (lactones) is 1. The maximum Gasteiger partial charge on any atom is 0.347 e. The fourth-order valence-electron chi connectivity index (χ4n) is 1.47. The third-order valence-corrected chi connectivity index (χ3v) is 2.67. The Bertz CT molecular complexity index is 476. The monoisotopic (exact) mass is 299 g/mol. The molecule has 1 atom stereocenters. The van der Waals surface area contributed by atoms with Gasteiger partial charge in [-0.05, 0) is 28.1 Å². The van der Waals surface area contributed by atoms with Crippen molar-refractivity contribution in [1.29, 1.82) is 0 Å². The second kappa shape index (κ2) is 4.67. The second-order valence-corrected chi connectivity index (χ2v) is 4.30. The maximum atomic E-state index is 11.7. The van der Waals surface area contributed by atoms with Gasteiger partial charge < -0.3 is 19.9 Å². The quantitative estimate of drug-likeness (QED) is 0.406. The second-order valence-electron chi connectivity index (χ2n) is 3.38. The van der Waals surface area contributed by atoms with Crippen molar-refractivity contribution < 1.29 is 19.4 Å². The van der Waals surface area contributed by atoms with E-state index in [9.17, 15) is 4.79 Å². The molecule has 1 unspecified atom stereocenters. The fraction of sp³-hybridized carbons (Fsp3) is 0.182. The van der Waals surface area contributed by atoms with Gasteiger partial charge in [-0.2, -0.15) is 0 Å². The molecule has 5 nitrogen and oxygen atoms in total. The molecule has 0 amide bonds. The third kappa shape index (κ3) is 2.36. The number of dihydropyridines is 1. The standard InChI is InChI=1S/C11H10BrNO4/c1-6-16-9(5-14)10(11(15)17-6)8-3-2-7(12)4-13-8/h2-6,13-14H,1H3/b9-5?,10-8+. The van der Waals surface area contributed by atoms with E-state index in [4.69, 9.17) is 14.6 Å². The van der Waals surface area contributed by atoms with Crippen LogP contribution in [0.25, 0.3) is 0 Å². The van der Waals surface area contributed by atoms with Crippen molar-refractivity contribution >= 4 is 21.9 Å². The zero-order valence-electron chi connectivity index (χ0n) is 8.94. The molecule has 1 fully saturated rings. The molecule has 90 valence electrons. The molecule has 2 aliphatic heterocycles. The minimum atomic E-state index is -0.708. The highest BCUT2D eigenvalue weighted by Gasteiger charge is 2.31. The van der Waals surface area contributed by atoms with Gasteiger partial charge in [0.1, 0.15) is 11.8 Å². The summed E-state index contributed by atoms with van der Waals surface area (Å²) in [4.78, 5) is 11.7. The minimum Gasteiger partial charge on any atom is -0.512 e. The zero-order chi connectivity index (χ0) is 12.4. The number of hydrogen-bond acceptors (Lipinski definition) is 5. The van der Waals surface area contributed by atoms with Crippen molar-refractivity contribution in [3.63, 3.8) is 0 Å². The lowest BCUT2D eigenvalue weighted by molar-refractivity contribution is -0.171. The number of carbonyl (C=O) groups is 1. The molecular formula is C11H10BrNO4. The Balaban J connectivity index is 2.39. The van der Waals surface area contributed by atoms with E-state index in [1.54, 1.807) is 25.3 Å². The molecule has 0 aromatic carbocycles. The molecule has 1 saturated heterocycles. The van der Waals surface area contributed by atoms with Gasteiger partial charge in [0.05, 0.1) is 5.70 Å². The molecular weight excluding hydrogens is 290 g/mol. The Hall–Kier alpha value is -1.69. The molecule has 0 bridgehead atoms. The molecule has 0 saturated carbocycles. The highest BCUT2D eigenvalue weighted by molar-refractivity contribution is 9.11. The Morgan fingerprint density at radius 1 is 1.47 bits per heavy atom. The number of carbonyl (C=O) groups excluding carboxylic acids is 1. The van der Waals surface area contributed by atoms with Crippen molar-refractivity contribution in [1.82, 2.24) is 5.32 Å². The normalized spacial score (nSPS) is 30.5. The van der Waals surface area contributed by atoms with E-state index >= 15 is 0 Å². The van der Waals surface area contributed by atoms with Gasteiger partial charge in [-0.15, -0.1) is 0 Å². The van der Waals surface area contributed by atoms with E-state index in [0.29, 0.717) is 5.70 Å². The number of rotatable bonds is 0. The lowest BCUT2D eigenvalue weighted by Gasteiger charge is -2.25. The summed E-state index contributed by atoms with van der Waals surface area (Å²) in [5, 5.41) is 12.0. The first-order valence-electron chi connectivity index (χ1n) is 4.89. The average Bonchev–Trinajstić information content (AvgIpc) is 2.30. The maximum absolute atomic E-state index is 11.7. The summed E-state index contributed by atoms with van der Waals surface area (Å²) < 4.78 is 11.0. The lowest BCUT2D eigenvalue weighted by Crippen LogP contribution is -2.30. The first-order chi connectivity index (χ1) is 8.11. The van der Waals surface area contributed by atoms with Crippen LogP contribution in [0.2, 0.25) is 0 Å². The molecule has 0 aromatic rings. The van der Waals surface area contributed by atoms with E-state index < -0.39 is 12.3 Å². The van der Waals surface area contributed by atoms with Gasteiger partial charge in [0.2, 0.25) is 6.29 Å². The number of aliphatic hydroxyl groups is 1. The van der Waals surface area contributed by atoms with Crippen LogP contribution in [0.4, 0.5) is 0 Å². The summed E-state index contributed by atoms with van der Waals surface area (Å²) in [6, 6.07) is 0. The predicted molar refractivity (Wildman–Crippen MR) is 63.7 cm³/mol. The first-order valence-corrected chi connectivity index (χ1v) is 5.68. The molecule has 2 aliphatic rings. The molecule has 0 aliphatic carbocycles. The first kappa shape index (κ1) is 11.8. The van der Waals surface area contributed by atoms with Crippen LogP contribution < -0.4 is 5.32 Å². The molecule has 2 N–H and O–H groups in total. The summed E-state index contributed by atoms with van der Waals surface area (Å²) in [6.45, 7) is 1.57. The van der Waals surface area contributed by atoms with Crippen molar-refractivity contribution in [2.24, 2.45) is 0 Å². The fourth-order valence-corrected chi connectivity index (χ4v) is 1.72. The summed E-state index contributed by atoms with van der Waals surface area (Å²) in [5.41, 5.74) is 0.670. The Morgan fingerprint density at radius 3 is 2.82 bits per heavy atom. The lowest BCUT2D eigenvalue weighted by atomic mass is 10.1. The predicted octanol–water partition coefficient (Wildman–Crippen LogP) is 1.95. The van der Waals surface area contributed by atoms with Crippen LogP contribution in [0.1, 0.15) is 6.92 Å². The highest BCUT2D eigenvalue weighted by atomic mass is 79.9. The Labute approximate surface area is 106 Å². The van der Waals surface area contributed by atoms with Gasteiger partial charge in [0.25, 0.3) is 0 Å². The Morgan fingerprint density at radius 2 is 2.24 bits per heavy atom. The molecule has 0 radical (unpaired) electrons. The summed E-state index contributed by atoms with van der Waals surface area (Å²) in [7, 11) is 0. The van der Waals surface area contributed by atoms with E-state index in [1.165, 1.54) is 0 Å². The largest absolute Gasteiger partial charge is 0.512 e. The summed E-state index contributed by atoms with van der Waals surface area (Å²) in [6.07, 6.45) is 5.16. The van der Waals surface area contributed by atoms with Gasteiger partial charge in [-0.1, -0.05) is 0 Å². The van der Waals surface area contributed by atoms with Crippen LogP contribution in [0.5, 0.6) is 0 Å². The SMILES string of the molecule is CC1OC(=O)/C(=C2\C=CC(Br)=CN2)C(=CO)O1. The Kier molecular flexibility index (Phi) is 3.23. The van der Waals surface area contributed by atoms with E-state index in [-0.39, 0.29) is 11.3 Å². The van der Waals surface area contributed by atoms with Gasteiger partial charge >= 0.3 is 5.97 Å². The number of halogens is 1. The van der Waals surface area contributed by atoms with Crippen molar-refractivity contribution in [2.75, 3.05) is 0 Å². The van der Waals surface area contributed by atoms with Gasteiger partial charge in [-0.3, -0.25) is 0 Å². The van der Waals surface area contributed by atoms with Crippen LogP contribution in [0, 0.1) is 0 Å². The van der Waals surface area contributed by atoms with Crippen LogP contribution in [-0.2, 0) is 14.3 Å². The number of esters is 1. The van der Waals surface area contributed by atoms with Crippen LogP contribution in [-0.4, -0.2) is 17.4 Å². The van der Waals surface area contributed by atoms with E-state index in [1.807, 2.05) is 0 Å². The topological polar surface area (TPSA) is 67.8 Å². The summed E-state index contributed by atoms with van der Waals surface area (Å²) >= 11 is 3.27. The molecule has 0 aromatic heterocycles. The van der Waals surface area contributed by atoms with Crippen LogP contribution in [0.3, 0.4) is 0 Å². The summed E-state index contributed by atoms with van der Waals surface area (Å²) in [5.74, 6) is -0.449. The van der Waals surface area contributed by atoms with Gasteiger partial charge in [0, 0.05) is 17.6 Å². The van der Waals surface area contributed by atoms with Gasteiger partial charge in [0.15, 0.2) is 5.76 Å². The van der Waals surface area contributed by atoms with Crippen molar-refractivity contribution in [3.05, 3.63) is 46.1 Å². The molecule has 0 spiro atoms. The minimum absolute atomic E-state index is 0.0901.